The maximum atomic E-state index is 12.4. The third-order valence-electron chi connectivity index (χ3n) is 5.59. The van der Waals surface area contributed by atoms with Crippen LogP contribution in [0.25, 0.3) is 0 Å². The van der Waals surface area contributed by atoms with E-state index in [1.807, 2.05) is 49.2 Å². The number of carbonyl (C=O) groups is 1. The predicted octanol–water partition coefficient (Wildman–Crippen LogP) is 3.38. The topological polar surface area (TPSA) is 58.6 Å². The Bertz CT molecular complexity index is 823. The van der Waals surface area contributed by atoms with Crippen LogP contribution in [0.3, 0.4) is 0 Å². The molecule has 4 rings (SSSR count). The highest BCUT2D eigenvalue weighted by atomic mass is 16.5. The van der Waals surface area contributed by atoms with Crippen molar-refractivity contribution in [1.82, 2.24) is 14.9 Å². The van der Waals surface area contributed by atoms with Crippen molar-refractivity contribution in [1.29, 1.82) is 0 Å². The Balaban J connectivity index is 1.32. The summed E-state index contributed by atoms with van der Waals surface area (Å²) in [6.07, 6.45) is 6.12. The number of piperidine rings is 1. The Kier molecular flexibility index (Phi) is 5.46. The number of anilines is 1. The lowest BCUT2D eigenvalue weighted by atomic mass is 10.1. The molecule has 2 aromatic rings. The van der Waals surface area contributed by atoms with E-state index in [4.69, 9.17) is 4.74 Å². The summed E-state index contributed by atoms with van der Waals surface area (Å²) in [7, 11) is 0. The molecule has 0 aliphatic carbocycles. The zero-order valence-corrected chi connectivity index (χ0v) is 16.7. The van der Waals surface area contributed by atoms with Gasteiger partial charge in [-0.05, 0) is 51.0 Å². The molecular weight excluding hydrogens is 352 g/mol. The van der Waals surface area contributed by atoms with Gasteiger partial charge in [-0.25, -0.2) is 4.98 Å². The number of amides is 1. The summed E-state index contributed by atoms with van der Waals surface area (Å²) in [4.78, 5) is 25.7. The zero-order chi connectivity index (χ0) is 19.5. The van der Waals surface area contributed by atoms with Crippen LogP contribution in [-0.2, 0) is 0 Å². The minimum Gasteiger partial charge on any atom is -0.490 e. The molecule has 2 fully saturated rings. The fourth-order valence-electron chi connectivity index (χ4n) is 3.98. The van der Waals surface area contributed by atoms with Crippen molar-refractivity contribution in [3.63, 3.8) is 0 Å². The van der Waals surface area contributed by atoms with Gasteiger partial charge in [0, 0.05) is 50.8 Å². The lowest BCUT2D eigenvalue weighted by Gasteiger charge is -2.33. The van der Waals surface area contributed by atoms with Crippen LogP contribution in [0, 0.1) is 13.8 Å². The smallest absolute Gasteiger partial charge is 0.253 e. The minimum atomic E-state index is 0.131. The summed E-state index contributed by atoms with van der Waals surface area (Å²) in [5.41, 5.74) is 2.67. The number of nitrogens with zero attached hydrogens (tertiary/aromatic N) is 4. The van der Waals surface area contributed by atoms with Crippen LogP contribution in [0.2, 0.25) is 0 Å². The van der Waals surface area contributed by atoms with Gasteiger partial charge in [-0.3, -0.25) is 9.78 Å². The normalized spacial score (nSPS) is 17.8. The number of carbonyl (C=O) groups excluding carboxylic acids is 1. The van der Waals surface area contributed by atoms with Gasteiger partial charge in [0.15, 0.2) is 0 Å². The monoisotopic (exact) mass is 380 g/mol. The van der Waals surface area contributed by atoms with Crippen LogP contribution < -0.4 is 9.64 Å². The van der Waals surface area contributed by atoms with Gasteiger partial charge in [-0.15, -0.1) is 0 Å². The fraction of sp³-hybridized carbons (Fsp3) is 0.500. The van der Waals surface area contributed by atoms with Crippen molar-refractivity contribution in [2.45, 2.75) is 45.6 Å². The molecule has 6 heteroatoms. The SMILES string of the molecule is Cc1cnc(C)c(N2CCC(Oc3ccc(C(=O)N4CCCC4)cc3)CC2)n1. The highest BCUT2D eigenvalue weighted by Crippen LogP contribution is 2.24. The van der Waals surface area contributed by atoms with E-state index in [0.29, 0.717) is 0 Å². The molecule has 0 spiro atoms. The summed E-state index contributed by atoms with van der Waals surface area (Å²) < 4.78 is 6.17. The van der Waals surface area contributed by atoms with Crippen molar-refractivity contribution in [3.05, 3.63) is 47.4 Å². The maximum absolute atomic E-state index is 12.4. The average molecular weight is 380 g/mol. The molecule has 0 atom stereocenters. The first-order valence-corrected chi connectivity index (χ1v) is 10.2. The van der Waals surface area contributed by atoms with E-state index in [1.165, 1.54) is 0 Å². The molecule has 28 heavy (non-hydrogen) atoms. The first-order chi connectivity index (χ1) is 13.6. The lowest BCUT2D eigenvalue weighted by molar-refractivity contribution is 0.0792. The van der Waals surface area contributed by atoms with Crippen LogP contribution in [0.1, 0.15) is 47.4 Å². The summed E-state index contributed by atoms with van der Waals surface area (Å²) in [6, 6.07) is 7.62. The summed E-state index contributed by atoms with van der Waals surface area (Å²) in [6.45, 7) is 7.56. The number of ether oxygens (including phenoxy) is 1. The highest BCUT2D eigenvalue weighted by Gasteiger charge is 2.23. The molecule has 148 valence electrons. The molecular formula is C22H28N4O2. The van der Waals surface area contributed by atoms with E-state index in [-0.39, 0.29) is 12.0 Å². The second-order valence-electron chi connectivity index (χ2n) is 7.75. The van der Waals surface area contributed by atoms with Crippen LogP contribution in [0.4, 0.5) is 5.82 Å². The highest BCUT2D eigenvalue weighted by molar-refractivity contribution is 5.94. The van der Waals surface area contributed by atoms with Crippen molar-refractivity contribution < 1.29 is 9.53 Å². The number of aromatic nitrogens is 2. The molecule has 0 bridgehead atoms. The molecule has 0 N–H and O–H groups in total. The van der Waals surface area contributed by atoms with E-state index in [1.54, 1.807) is 0 Å². The molecule has 6 nitrogen and oxygen atoms in total. The third kappa shape index (κ3) is 4.11. The number of rotatable bonds is 4. The van der Waals surface area contributed by atoms with Gasteiger partial charge < -0.3 is 14.5 Å². The van der Waals surface area contributed by atoms with Crippen molar-refractivity contribution in [3.8, 4) is 5.75 Å². The van der Waals surface area contributed by atoms with Gasteiger partial charge in [0.1, 0.15) is 17.7 Å². The van der Waals surface area contributed by atoms with E-state index < -0.39 is 0 Å². The number of aryl methyl sites for hydroxylation is 2. The van der Waals surface area contributed by atoms with Crippen molar-refractivity contribution in [2.24, 2.45) is 0 Å². The van der Waals surface area contributed by atoms with Crippen LogP contribution in [0.15, 0.2) is 30.5 Å². The van der Waals surface area contributed by atoms with E-state index in [0.717, 1.165) is 80.4 Å². The summed E-state index contributed by atoms with van der Waals surface area (Å²) in [5.74, 6) is 1.96. The molecule has 1 aromatic heterocycles. The molecule has 2 saturated heterocycles. The Hall–Kier alpha value is -2.63. The molecule has 0 saturated carbocycles. The second-order valence-corrected chi connectivity index (χ2v) is 7.75. The Labute approximate surface area is 166 Å². The second kappa shape index (κ2) is 8.17. The van der Waals surface area contributed by atoms with Gasteiger partial charge in [0.2, 0.25) is 0 Å². The first-order valence-electron chi connectivity index (χ1n) is 10.2. The summed E-state index contributed by atoms with van der Waals surface area (Å²) >= 11 is 0. The lowest BCUT2D eigenvalue weighted by Crippen LogP contribution is -2.39. The standard InChI is InChI=1S/C22H28N4O2/c1-16-15-23-17(2)21(24-16)25-13-9-20(10-14-25)28-19-7-5-18(6-8-19)22(27)26-11-3-4-12-26/h5-8,15,20H,3-4,9-14H2,1-2H3. The Morgan fingerprint density at radius 1 is 1.04 bits per heavy atom. The predicted molar refractivity (Wildman–Crippen MR) is 109 cm³/mol. The molecule has 1 aromatic carbocycles. The molecule has 0 radical (unpaired) electrons. The third-order valence-corrected chi connectivity index (χ3v) is 5.59. The Morgan fingerprint density at radius 2 is 1.71 bits per heavy atom. The van der Waals surface area contributed by atoms with Gasteiger partial charge in [0.05, 0.1) is 11.4 Å². The molecule has 1 amide bonds. The van der Waals surface area contributed by atoms with Gasteiger partial charge in [0.25, 0.3) is 5.91 Å². The number of benzene rings is 1. The number of hydrogen-bond acceptors (Lipinski definition) is 5. The van der Waals surface area contributed by atoms with E-state index >= 15 is 0 Å². The van der Waals surface area contributed by atoms with Gasteiger partial charge >= 0.3 is 0 Å². The molecule has 3 heterocycles. The quantitative estimate of drug-likeness (QED) is 0.814. The average Bonchev–Trinajstić information content (AvgIpc) is 3.25. The zero-order valence-electron chi connectivity index (χ0n) is 16.7. The minimum absolute atomic E-state index is 0.131. The van der Waals surface area contributed by atoms with E-state index in [9.17, 15) is 4.79 Å². The maximum Gasteiger partial charge on any atom is 0.253 e. The van der Waals surface area contributed by atoms with Gasteiger partial charge in [-0.1, -0.05) is 0 Å². The molecule has 2 aliphatic heterocycles. The van der Waals surface area contributed by atoms with Crippen LogP contribution in [-0.4, -0.2) is 53.1 Å². The number of hydrogen-bond donors (Lipinski definition) is 0. The molecule has 0 unspecified atom stereocenters. The number of likely N-dealkylation sites (tertiary alicyclic amines) is 1. The van der Waals surface area contributed by atoms with Crippen LogP contribution in [0.5, 0.6) is 5.75 Å². The van der Waals surface area contributed by atoms with E-state index in [2.05, 4.69) is 14.9 Å². The Morgan fingerprint density at radius 3 is 2.39 bits per heavy atom. The fourth-order valence-corrected chi connectivity index (χ4v) is 3.98. The largest absolute Gasteiger partial charge is 0.490 e. The molecule has 2 aliphatic rings. The first kappa shape index (κ1) is 18.7. The van der Waals surface area contributed by atoms with Crippen LogP contribution >= 0.6 is 0 Å². The van der Waals surface area contributed by atoms with Crippen molar-refractivity contribution in [2.75, 3.05) is 31.1 Å². The van der Waals surface area contributed by atoms with Crippen molar-refractivity contribution >= 4 is 11.7 Å². The van der Waals surface area contributed by atoms with Gasteiger partial charge in [-0.2, -0.15) is 0 Å². The summed E-state index contributed by atoms with van der Waals surface area (Å²) in [5, 5.41) is 0.